The standard InChI is InChI=1S/C41H53N5O7S/c1-27-14-13-15-28(2)35(27)52-25-33(48)44-31(24-29-16-9-8-10-17-29)36(39(51)46-26-54-41(6,7)37(46)38(50)45-40(3,4)5)53-34(49)20-19-32(47)43-23-21-30-18-11-12-22-42-30/h8-18,22,31,36-37H,19-21,23-26H2,1-7H3,(H,43,47)(H,44,48)(H,45,50)/t31-,36-,37+/m0/s1. The van der Waals surface area contributed by atoms with Crippen LogP contribution in [0.3, 0.4) is 0 Å². The van der Waals surface area contributed by atoms with Crippen molar-refractivity contribution in [2.45, 2.75) is 103 Å². The van der Waals surface area contributed by atoms with Crippen molar-refractivity contribution in [1.29, 1.82) is 0 Å². The van der Waals surface area contributed by atoms with E-state index in [9.17, 15) is 24.0 Å². The Hall–Kier alpha value is -4.91. The summed E-state index contributed by atoms with van der Waals surface area (Å²) in [5, 5.41) is 8.70. The molecule has 0 aliphatic carbocycles. The third kappa shape index (κ3) is 12.3. The van der Waals surface area contributed by atoms with Crippen LogP contribution >= 0.6 is 11.8 Å². The molecule has 2 heterocycles. The summed E-state index contributed by atoms with van der Waals surface area (Å²) in [7, 11) is 0. The number of aromatic nitrogens is 1. The maximum absolute atomic E-state index is 14.7. The van der Waals surface area contributed by atoms with Crippen molar-refractivity contribution in [2.75, 3.05) is 19.0 Å². The van der Waals surface area contributed by atoms with E-state index in [2.05, 4.69) is 20.9 Å². The zero-order valence-electron chi connectivity index (χ0n) is 32.3. The van der Waals surface area contributed by atoms with Gasteiger partial charge in [0.1, 0.15) is 11.8 Å². The molecule has 1 saturated heterocycles. The van der Waals surface area contributed by atoms with Crippen molar-refractivity contribution in [1.82, 2.24) is 25.8 Å². The first kappa shape index (κ1) is 41.8. The van der Waals surface area contributed by atoms with Crippen LogP contribution in [0.5, 0.6) is 5.75 Å². The SMILES string of the molecule is Cc1cccc(C)c1OCC(=O)N[C@@H](Cc1ccccc1)[C@H](OC(=O)CCC(=O)NCCc1ccccn1)C(=O)N1CSC(C)(C)[C@H]1C(=O)NC(C)(C)C. The van der Waals surface area contributed by atoms with Crippen molar-refractivity contribution in [3.8, 4) is 5.75 Å². The van der Waals surface area contributed by atoms with Crippen LogP contribution in [0.25, 0.3) is 0 Å². The van der Waals surface area contributed by atoms with E-state index in [1.54, 1.807) is 6.20 Å². The van der Waals surface area contributed by atoms with Gasteiger partial charge in [-0.25, -0.2) is 0 Å². The first-order chi connectivity index (χ1) is 25.5. The van der Waals surface area contributed by atoms with Gasteiger partial charge in [0, 0.05) is 41.6 Å². The highest BCUT2D eigenvalue weighted by Crippen LogP contribution is 2.40. The lowest BCUT2D eigenvalue weighted by Crippen LogP contribution is -2.61. The van der Waals surface area contributed by atoms with E-state index >= 15 is 0 Å². The molecule has 1 aliphatic rings. The lowest BCUT2D eigenvalue weighted by molar-refractivity contribution is -0.164. The van der Waals surface area contributed by atoms with Gasteiger partial charge in [0.25, 0.3) is 11.8 Å². The second-order valence-electron chi connectivity index (χ2n) is 15.0. The first-order valence-corrected chi connectivity index (χ1v) is 19.2. The normalized spacial score (nSPS) is 16.1. The van der Waals surface area contributed by atoms with Crippen LogP contribution in [-0.4, -0.2) is 87.0 Å². The number of ether oxygens (including phenoxy) is 2. The highest BCUT2D eigenvalue weighted by Gasteiger charge is 2.51. The average Bonchev–Trinajstić information content (AvgIpc) is 3.44. The summed E-state index contributed by atoms with van der Waals surface area (Å²) >= 11 is 1.43. The molecule has 1 fully saturated rings. The van der Waals surface area contributed by atoms with Crippen LogP contribution in [0.1, 0.15) is 69.8 Å². The van der Waals surface area contributed by atoms with E-state index in [1.165, 1.54) is 16.7 Å². The molecule has 4 rings (SSSR count). The molecular formula is C41H53N5O7S. The largest absolute Gasteiger partial charge is 0.483 e. The molecule has 3 aromatic rings. The number of amides is 4. The number of carbonyl (C=O) groups excluding carboxylic acids is 5. The van der Waals surface area contributed by atoms with Gasteiger partial charge in [0.15, 0.2) is 6.61 Å². The molecule has 3 atom stereocenters. The molecule has 0 saturated carbocycles. The number of thioether (sulfide) groups is 1. The second kappa shape index (κ2) is 18.9. The summed E-state index contributed by atoms with van der Waals surface area (Å²) in [6.07, 6.45) is 0.303. The molecule has 4 amide bonds. The van der Waals surface area contributed by atoms with E-state index in [-0.39, 0.29) is 43.6 Å². The number of hydrogen-bond donors (Lipinski definition) is 3. The number of carbonyl (C=O) groups is 5. The van der Waals surface area contributed by atoms with E-state index < -0.39 is 46.3 Å². The highest BCUT2D eigenvalue weighted by atomic mass is 32.2. The smallest absolute Gasteiger partial charge is 0.307 e. The highest BCUT2D eigenvalue weighted by molar-refractivity contribution is 8.00. The zero-order valence-corrected chi connectivity index (χ0v) is 33.1. The quantitative estimate of drug-likeness (QED) is 0.180. The lowest BCUT2D eigenvalue weighted by atomic mass is 9.96. The number of para-hydroxylation sites is 1. The van der Waals surface area contributed by atoms with Gasteiger partial charge in [-0.1, -0.05) is 54.6 Å². The Morgan fingerprint density at radius 1 is 0.926 bits per heavy atom. The van der Waals surface area contributed by atoms with Crippen molar-refractivity contribution in [2.24, 2.45) is 0 Å². The molecule has 54 heavy (non-hydrogen) atoms. The number of pyridine rings is 1. The molecule has 290 valence electrons. The number of rotatable bonds is 16. The second-order valence-corrected chi connectivity index (χ2v) is 16.6. The predicted molar refractivity (Wildman–Crippen MR) is 209 cm³/mol. The summed E-state index contributed by atoms with van der Waals surface area (Å²) in [4.78, 5) is 74.0. The molecule has 0 bridgehead atoms. The molecule has 1 aromatic heterocycles. The molecule has 1 aliphatic heterocycles. The molecule has 12 nitrogen and oxygen atoms in total. The molecular weight excluding hydrogens is 707 g/mol. The number of aryl methyl sites for hydroxylation is 2. The number of nitrogens with zero attached hydrogens (tertiary/aromatic N) is 2. The van der Waals surface area contributed by atoms with Gasteiger partial charge in [-0.15, -0.1) is 11.8 Å². The van der Waals surface area contributed by atoms with Crippen LogP contribution in [0, 0.1) is 13.8 Å². The number of benzene rings is 2. The molecule has 0 unspecified atom stereocenters. The minimum absolute atomic E-state index is 0.122. The minimum atomic E-state index is -1.53. The number of nitrogens with one attached hydrogen (secondary N) is 3. The van der Waals surface area contributed by atoms with E-state index in [1.807, 2.05) is 115 Å². The Morgan fingerprint density at radius 2 is 1.61 bits per heavy atom. The summed E-state index contributed by atoms with van der Waals surface area (Å²) in [5.74, 6) is -1.93. The fourth-order valence-corrected chi connectivity index (χ4v) is 7.35. The molecule has 13 heteroatoms. The Labute approximate surface area is 322 Å². The maximum atomic E-state index is 14.7. The van der Waals surface area contributed by atoms with Crippen LogP contribution in [0.2, 0.25) is 0 Å². The summed E-state index contributed by atoms with van der Waals surface area (Å²) in [5.41, 5.74) is 2.75. The van der Waals surface area contributed by atoms with Gasteiger partial charge in [0.05, 0.1) is 18.3 Å². The Kier molecular flexibility index (Phi) is 14.7. The van der Waals surface area contributed by atoms with Gasteiger partial charge in [-0.2, -0.15) is 0 Å². The van der Waals surface area contributed by atoms with Crippen LogP contribution in [0.4, 0.5) is 0 Å². The van der Waals surface area contributed by atoms with Crippen LogP contribution in [-0.2, 0) is 41.6 Å². The van der Waals surface area contributed by atoms with Crippen molar-refractivity contribution in [3.05, 3.63) is 95.3 Å². The zero-order chi connectivity index (χ0) is 39.5. The van der Waals surface area contributed by atoms with E-state index in [4.69, 9.17) is 9.47 Å². The first-order valence-electron chi connectivity index (χ1n) is 18.2. The fourth-order valence-electron chi connectivity index (χ4n) is 6.21. The Balaban J connectivity index is 1.59. The van der Waals surface area contributed by atoms with E-state index in [0.29, 0.717) is 18.7 Å². The predicted octanol–water partition coefficient (Wildman–Crippen LogP) is 4.45. The van der Waals surface area contributed by atoms with Crippen molar-refractivity contribution >= 4 is 41.4 Å². The summed E-state index contributed by atoms with van der Waals surface area (Å²) in [6, 6.07) is 18.5. The molecule has 0 spiro atoms. The Bertz CT molecular complexity index is 1740. The molecule has 3 N–H and O–H groups in total. The van der Waals surface area contributed by atoms with Crippen molar-refractivity contribution in [3.63, 3.8) is 0 Å². The topological polar surface area (TPSA) is 156 Å². The third-order valence-electron chi connectivity index (χ3n) is 8.83. The molecule has 0 radical (unpaired) electrons. The van der Waals surface area contributed by atoms with Gasteiger partial charge >= 0.3 is 5.97 Å². The third-order valence-corrected chi connectivity index (χ3v) is 10.2. The van der Waals surface area contributed by atoms with Gasteiger partial charge in [0.2, 0.25) is 17.9 Å². The van der Waals surface area contributed by atoms with Gasteiger partial charge in [-0.3, -0.25) is 29.0 Å². The number of esters is 1. The minimum Gasteiger partial charge on any atom is -0.483 e. The average molecular weight is 760 g/mol. The fraction of sp³-hybridized carbons (Fsp3) is 0.463. The maximum Gasteiger partial charge on any atom is 0.307 e. The summed E-state index contributed by atoms with van der Waals surface area (Å²) < 4.78 is 11.2. The van der Waals surface area contributed by atoms with Crippen molar-refractivity contribution < 1.29 is 33.4 Å². The van der Waals surface area contributed by atoms with Crippen LogP contribution < -0.4 is 20.7 Å². The van der Waals surface area contributed by atoms with Crippen LogP contribution in [0.15, 0.2) is 72.9 Å². The Morgan fingerprint density at radius 3 is 2.26 bits per heavy atom. The van der Waals surface area contributed by atoms with Gasteiger partial charge < -0.3 is 30.3 Å². The lowest BCUT2D eigenvalue weighted by Gasteiger charge is -2.36. The van der Waals surface area contributed by atoms with Gasteiger partial charge in [-0.05, 0) is 83.7 Å². The molecule has 2 aromatic carbocycles. The monoisotopic (exact) mass is 759 g/mol. The summed E-state index contributed by atoms with van der Waals surface area (Å²) in [6.45, 7) is 13.1. The number of hydrogen-bond acceptors (Lipinski definition) is 9. The van der Waals surface area contributed by atoms with E-state index in [0.717, 1.165) is 22.4 Å².